The van der Waals surface area contributed by atoms with Crippen molar-refractivity contribution in [2.45, 2.75) is 32.2 Å². The Morgan fingerprint density at radius 2 is 1.81 bits per heavy atom. The van der Waals surface area contributed by atoms with E-state index in [0.717, 1.165) is 41.1 Å². The Balaban J connectivity index is 1.68. The third kappa shape index (κ3) is 3.68. The van der Waals surface area contributed by atoms with Crippen molar-refractivity contribution in [1.29, 1.82) is 0 Å². The minimum atomic E-state index is 0.386. The van der Waals surface area contributed by atoms with Crippen molar-refractivity contribution in [3.8, 4) is 11.4 Å². The van der Waals surface area contributed by atoms with Gasteiger partial charge in [0.15, 0.2) is 5.82 Å². The molecule has 1 unspecified atom stereocenters. The van der Waals surface area contributed by atoms with Crippen molar-refractivity contribution in [2.24, 2.45) is 0 Å². The summed E-state index contributed by atoms with van der Waals surface area (Å²) in [5, 5.41) is 4.77. The fourth-order valence-electron chi connectivity index (χ4n) is 3.56. The van der Waals surface area contributed by atoms with E-state index in [-0.39, 0.29) is 0 Å². The van der Waals surface area contributed by atoms with Crippen molar-refractivity contribution in [3.63, 3.8) is 0 Å². The molecule has 0 spiro atoms. The van der Waals surface area contributed by atoms with Crippen LogP contribution < -0.4 is 5.32 Å². The van der Waals surface area contributed by atoms with Crippen LogP contribution in [-0.4, -0.2) is 45.5 Å². The quantitative estimate of drug-likeness (QED) is 0.731. The van der Waals surface area contributed by atoms with Crippen LogP contribution in [0.1, 0.15) is 26.2 Å². The lowest BCUT2D eigenvalue weighted by atomic mass is 10.1. The lowest BCUT2D eigenvalue weighted by molar-refractivity contribution is 0.318. The third-order valence-electron chi connectivity index (χ3n) is 5.05. The van der Waals surface area contributed by atoms with E-state index in [4.69, 9.17) is 9.97 Å². The summed E-state index contributed by atoms with van der Waals surface area (Å²) in [5.41, 5.74) is 1.95. The maximum Gasteiger partial charge on any atom is 0.162 e. The molecular weight excluding hydrogens is 322 g/mol. The van der Waals surface area contributed by atoms with Gasteiger partial charge in [0, 0.05) is 35.9 Å². The van der Waals surface area contributed by atoms with E-state index in [1.54, 1.807) is 12.4 Å². The molecule has 1 fully saturated rings. The Labute approximate surface area is 154 Å². The van der Waals surface area contributed by atoms with E-state index in [1.165, 1.54) is 25.9 Å². The summed E-state index contributed by atoms with van der Waals surface area (Å²) in [4.78, 5) is 16.3. The van der Waals surface area contributed by atoms with Gasteiger partial charge in [-0.25, -0.2) is 9.97 Å². The van der Waals surface area contributed by atoms with Gasteiger partial charge in [-0.05, 0) is 56.6 Å². The Morgan fingerprint density at radius 1 is 1.04 bits per heavy atom. The molecular formula is C21H25N5. The molecule has 0 radical (unpaired) electrons. The standard InChI is InChI=1S/C21H25N5/c1-2-17(15-26-13-5-6-14-26)23-21-18-7-3-4-8-19(18)24-20(25-21)16-9-11-22-12-10-16/h3-4,7-12,17H,2,5-6,13-15H2,1H3,(H,23,24,25). The SMILES string of the molecule is CCC(CN1CCCC1)Nc1nc(-c2ccncc2)nc2ccccc12. The van der Waals surface area contributed by atoms with Crippen LogP contribution in [0.5, 0.6) is 0 Å². The second-order valence-corrected chi connectivity index (χ2v) is 6.91. The summed E-state index contributed by atoms with van der Waals surface area (Å²) in [6, 6.07) is 12.5. The van der Waals surface area contributed by atoms with Crippen molar-refractivity contribution in [1.82, 2.24) is 19.9 Å². The van der Waals surface area contributed by atoms with E-state index in [9.17, 15) is 0 Å². The number of hydrogen-bond acceptors (Lipinski definition) is 5. The Morgan fingerprint density at radius 3 is 2.58 bits per heavy atom. The van der Waals surface area contributed by atoms with Gasteiger partial charge in [0.05, 0.1) is 5.52 Å². The van der Waals surface area contributed by atoms with E-state index >= 15 is 0 Å². The number of hydrogen-bond donors (Lipinski definition) is 1. The second kappa shape index (κ2) is 7.79. The largest absolute Gasteiger partial charge is 0.365 e. The van der Waals surface area contributed by atoms with Crippen LogP contribution in [0.15, 0.2) is 48.8 Å². The first-order valence-electron chi connectivity index (χ1n) is 9.49. The van der Waals surface area contributed by atoms with E-state index in [0.29, 0.717) is 6.04 Å². The minimum Gasteiger partial charge on any atom is -0.365 e. The van der Waals surface area contributed by atoms with Gasteiger partial charge >= 0.3 is 0 Å². The van der Waals surface area contributed by atoms with Gasteiger partial charge in [0.1, 0.15) is 5.82 Å². The number of fused-ring (bicyclic) bond motifs is 1. The highest BCUT2D eigenvalue weighted by Crippen LogP contribution is 2.25. The van der Waals surface area contributed by atoms with Crippen molar-refractivity contribution in [2.75, 3.05) is 25.0 Å². The van der Waals surface area contributed by atoms with Gasteiger partial charge in [0.2, 0.25) is 0 Å². The number of nitrogens with one attached hydrogen (secondary N) is 1. The number of likely N-dealkylation sites (tertiary alicyclic amines) is 1. The maximum atomic E-state index is 4.86. The highest BCUT2D eigenvalue weighted by Gasteiger charge is 2.18. The molecule has 0 bridgehead atoms. The Kier molecular flexibility index (Phi) is 5.07. The van der Waals surface area contributed by atoms with Crippen LogP contribution in [0.4, 0.5) is 5.82 Å². The Hall–Kier alpha value is -2.53. The van der Waals surface area contributed by atoms with Gasteiger partial charge in [-0.15, -0.1) is 0 Å². The zero-order valence-corrected chi connectivity index (χ0v) is 15.2. The topological polar surface area (TPSA) is 53.9 Å². The lowest BCUT2D eigenvalue weighted by Gasteiger charge is -2.24. The first-order valence-corrected chi connectivity index (χ1v) is 9.49. The molecule has 1 saturated heterocycles. The molecule has 0 aliphatic carbocycles. The van der Waals surface area contributed by atoms with E-state index in [1.807, 2.05) is 30.3 Å². The minimum absolute atomic E-state index is 0.386. The molecule has 1 N–H and O–H groups in total. The molecule has 5 heteroatoms. The van der Waals surface area contributed by atoms with Crippen molar-refractivity contribution >= 4 is 16.7 Å². The fourth-order valence-corrected chi connectivity index (χ4v) is 3.56. The van der Waals surface area contributed by atoms with Crippen LogP contribution in [0.2, 0.25) is 0 Å². The van der Waals surface area contributed by atoms with E-state index in [2.05, 4.69) is 28.2 Å². The zero-order chi connectivity index (χ0) is 17.8. The highest BCUT2D eigenvalue weighted by atomic mass is 15.2. The van der Waals surface area contributed by atoms with Crippen LogP contribution in [-0.2, 0) is 0 Å². The summed E-state index contributed by atoms with van der Waals surface area (Å²) in [5.74, 6) is 1.66. The number of pyridine rings is 1. The highest BCUT2D eigenvalue weighted by molar-refractivity contribution is 5.90. The van der Waals surface area contributed by atoms with Crippen LogP contribution in [0.3, 0.4) is 0 Å². The molecule has 4 rings (SSSR count). The second-order valence-electron chi connectivity index (χ2n) is 6.91. The molecule has 5 nitrogen and oxygen atoms in total. The Bertz CT molecular complexity index is 859. The monoisotopic (exact) mass is 347 g/mol. The van der Waals surface area contributed by atoms with Gasteiger partial charge in [-0.3, -0.25) is 4.98 Å². The van der Waals surface area contributed by atoms with Gasteiger partial charge < -0.3 is 10.2 Å². The molecule has 2 aromatic heterocycles. The van der Waals surface area contributed by atoms with Crippen LogP contribution in [0.25, 0.3) is 22.3 Å². The number of aromatic nitrogens is 3. The summed E-state index contributed by atoms with van der Waals surface area (Å²) in [7, 11) is 0. The molecule has 134 valence electrons. The number of nitrogens with zero attached hydrogens (tertiary/aromatic N) is 4. The molecule has 0 amide bonds. The number of para-hydroxylation sites is 1. The molecule has 1 aliphatic heterocycles. The molecule has 1 aromatic carbocycles. The predicted molar refractivity (Wildman–Crippen MR) is 106 cm³/mol. The molecule has 26 heavy (non-hydrogen) atoms. The lowest BCUT2D eigenvalue weighted by Crippen LogP contribution is -2.35. The number of rotatable bonds is 6. The van der Waals surface area contributed by atoms with Gasteiger partial charge in [-0.1, -0.05) is 19.1 Å². The van der Waals surface area contributed by atoms with Gasteiger partial charge in [-0.2, -0.15) is 0 Å². The smallest absolute Gasteiger partial charge is 0.162 e. The fraction of sp³-hybridized carbons (Fsp3) is 0.381. The van der Waals surface area contributed by atoms with Crippen molar-refractivity contribution < 1.29 is 0 Å². The summed E-state index contributed by atoms with van der Waals surface area (Å²) in [6.45, 7) is 5.73. The maximum absolute atomic E-state index is 4.86. The first kappa shape index (κ1) is 16.9. The summed E-state index contributed by atoms with van der Waals surface area (Å²) in [6.07, 6.45) is 7.27. The van der Waals surface area contributed by atoms with Gasteiger partial charge in [0.25, 0.3) is 0 Å². The molecule has 3 aromatic rings. The molecule has 3 heterocycles. The molecule has 1 aliphatic rings. The molecule has 1 atom stereocenters. The summed E-state index contributed by atoms with van der Waals surface area (Å²) >= 11 is 0. The van der Waals surface area contributed by atoms with Crippen LogP contribution in [0, 0.1) is 0 Å². The zero-order valence-electron chi connectivity index (χ0n) is 15.2. The number of anilines is 1. The normalized spacial score (nSPS) is 16.0. The molecule has 0 saturated carbocycles. The predicted octanol–water partition coefficient (Wildman–Crippen LogP) is 3.98. The van der Waals surface area contributed by atoms with E-state index < -0.39 is 0 Å². The third-order valence-corrected chi connectivity index (χ3v) is 5.05. The average Bonchev–Trinajstić information content (AvgIpc) is 3.21. The van der Waals surface area contributed by atoms with Crippen LogP contribution >= 0.6 is 0 Å². The average molecular weight is 347 g/mol. The first-order chi connectivity index (χ1) is 12.8. The summed E-state index contributed by atoms with van der Waals surface area (Å²) < 4.78 is 0. The van der Waals surface area contributed by atoms with Crippen molar-refractivity contribution in [3.05, 3.63) is 48.8 Å². The number of benzene rings is 1.